The molecular formula is C10H16N4S. The summed E-state index contributed by atoms with van der Waals surface area (Å²) in [6.45, 7) is 4.01. The molecular weight excluding hydrogens is 208 g/mol. The Morgan fingerprint density at radius 3 is 2.87 bits per heavy atom. The van der Waals surface area contributed by atoms with Crippen molar-refractivity contribution in [2.24, 2.45) is 5.73 Å². The Labute approximate surface area is 93.7 Å². The van der Waals surface area contributed by atoms with Gasteiger partial charge in [-0.05, 0) is 19.3 Å². The number of nitrogens with two attached hydrogens (primary N) is 1. The van der Waals surface area contributed by atoms with Crippen molar-refractivity contribution in [3.8, 4) is 0 Å². The Balaban J connectivity index is 1.67. The van der Waals surface area contributed by atoms with Crippen molar-refractivity contribution < 1.29 is 0 Å². The average Bonchev–Trinajstić information content (AvgIpc) is 2.93. The minimum absolute atomic E-state index is 0.0193. The van der Waals surface area contributed by atoms with Gasteiger partial charge in [0.05, 0.1) is 5.54 Å². The zero-order chi connectivity index (χ0) is 10.5. The maximum absolute atomic E-state index is 6.12. The van der Waals surface area contributed by atoms with Gasteiger partial charge in [0, 0.05) is 30.5 Å². The Bertz CT molecular complexity index is 365. The van der Waals surface area contributed by atoms with Crippen molar-refractivity contribution in [3.63, 3.8) is 0 Å². The molecule has 1 aromatic rings. The summed E-state index contributed by atoms with van der Waals surface area (Å²) >= 11 is 1.52. The van der Waals surface area contributed by atoms with Crippen molar-refractivity contribution in [1.82, 2.24) is 9.36 Å². The highest BCUT2D eigenvalue weighted by Crippen LogP contribution is 2.40. The van der Waals surface area contributed by atoms with E-state index in [1.165, 1.54) is 24.4 Å². The second-order valence-corrected chi connectivity index (χ2v) is 5.51. The first-order valence-corrected chi connectivity index (χ1v) is 6.35. The molecule has 2 heterocycles. The van der Waals surface area contributed by atoms with Gasteiger partial charge in [0.1, 0.15) is 5.82 Å². The second-order valence-electron chi connectivity index (χ2n) is 4.78. The van der Waals surface area contributed by atoms with Crippen LogP contribution < -0.4 is 10.6 Å². The molecule has 5 heteroatoms. The smallest absolute Gasteiger partial charge is 0.205 e. The molecule has 0 radical (unpaired) electrons. The minimum Gasteiger partial charge on any atom is -0.343 e. The lowest BCUT2D eigenvalue weighted by Gasteiger charge is -2.47. The van der Waals surface area contributed by atoms with Gasteiger partial charge in [-0.2, -0.15) is 4.37 Å². The van der Waals surface area contributed by atoms with Crippen LogP contribution in [0.15, 0.2) is 0 Å². The number of nitrogens with zero attached hydrogens (tertiary/aromatic N) is 3. The Morgan fingerprint density at radius 1 is 1.53 bits per heavy atom. The number of hydrogen-bond acceptors (Lipinski definition) is 5. The molecule has 0 amide bonds. The summed E-state index contributed by atoms with van der Waals surface area (Å²) < 4.78 is 4.40. The molecule has 0 atom stereocenters. The van der Waals surface area contributed by atoms with Gasteiger partial charge in [0.15, 0.2) is 0 Å². The van der Waals surface area contributed by atoms with Crippen LogP contribution in [0.25, 0.3) is 0 Å². The van der Waals surface area contributed by atoms with Crippen LogP contribution >= 0.6 is 11.5 Å². The van der Waals surface area contributed by atoms with Crippen LogP contribution in [0, 0.1) is 0 Å². The van der Waals surface area contributed by atoms with E-state index in [-0.39, 0.29) is 5.54 Å². The molecule has 3 rings (SSSR count). The first-order chi connectivity index (χ1) is 7.20. The van der Waals surface area contributed by atoms with Crippen molar-refractivity contribution in [1.29, 1.82) is 0 Å². The van der Waals surface area contributed by atoms with Crippen LogP contribution in [-0.4, -0.2) is 28.0 Å². The van der Waals surface area contributed by atoms with Gasteiger partial charge in [-0.25, -0.2) is 4.98 Å². The maximum atomic E-state index is 6.12. The third-order valence-corrected chi connectivity index (χ3v) is 4.15. The largest absolute Gasteiger partial charge is 0.343 e. The first kappa shape index (κ1) is 9.54. The van der Waals surface area contributed by atoms with Crippen LogP contribution in [0.3, 0.4) is 0 Å². The molecule has 15 heavy (non-hydrogen) atoms. The van der Waals surface area contributed by atoms with E-state index in [4.69, 9.17) is 5.73 Å². The van der Waals surface area contributed by atoms with Gasteiger partial charge >= 0.3 is 0 Å². The van der Waals surface area contributed by atoms with Crippen LogP contribution in [0.1, 0.15) is 37.9 Å². The maximum Gasteiger partial charge on any atom is 0.205 e. The molecule has 0 aromatic carbocycles. The summed E-state index contributed by atoms with van der Waals surface area (Å²) in [4.78, 5) is 6.81. The monoisotopic (exact) mass is 224 g/mol. The molecule has 0 spiro atoms. The number of aromatic nitrogens is 2. The normalized spacial score (nSPS) is 24.0. The van der Waals surface area contributed by atoms with Gasteiger partial charge < -0.3 is 10.6 Å². The van der Waals surface area contributed by atoms with E-state index >= 15 is 0 Å². The first-order valence-electron chi connectivity index (χ1n) is 5.58. The van der Waals surface area contributed by atoms with E-state index in [1.807, 2.05) is 0 Å². The highest BCUT2D eigenvalue weighted by atomic mass is 32.1. The van der Waals surface area contributed by atoms with Crippen LogP contribution in [0.2, 0.25) is 0 Å². The molecule has 82 valence electrons. The number of anilines is 1. The summed E-state index contributed by atoms with van der Waals surface area (Å²) in [5, 5.41) is 1.06. The van der Waals surface area contributed by atoms with Gasteiger partial charge in [-0.1, -0.05) is 6.92 Å². The quantitative estimate of drug-likeness (QED) is 0.842. The van der Waals surface area contributed by atoms with E-state index in [9.17, 15) is 0 Å². The Hall–Kier alpha value is -0.680. The lowest BCUT2D eigenvalue weighted by molar-refractivity contribution is 0.322. The molecule has 1 aromatic heterocycles. The molecule has 1 aliphatic carbocycles. The third kappa shape index (κ3) is 1.63. The number of hydrogen-bond donors (Lipinski definition) is 1. The molecule has 2 aliphatic rings. The van der Waals surface area contributed by atoms with Crippen LogP contribution in [-0.2, 0) is 0 Å². The fraction of sp³-hybridized carbons (Fsp3) is 0.800. The van der Waals surface area contributed by atoms with Gasteiger partial charge in [-0.15, -0.1) is 0 Å². The average molecular weight is 224 g/mol. The van der Waals surface area contributed by atoms with Gasteiger partial charge in [-0.3, -0.25) is 0 Å². The lowest BCUT2D eigenvalue weighted by Crippen LogP contribution is -2.67. The fourth-order valence-corrected chi connectivity index (χ4v) is 2.68. The highest BCUT2D eigenvalue weighted by molar-refractivity contribution is 7.09. The minimum atomic E-state index is 0.0193. The standard InChI is InChI=1S/C10H16N4S/c1-2-10(11)5-14(6-10)9-12-8(13-15-9)7-3-4-7/h7H,2-6,11H2,1H3. The topological polar surface area (TPSA) is 55.0 Å². The summed E-state index contributed by atoms with van der Waals surface area (Å²) in [6, 6.07) is 0. The van der Waals surface area contributed by atoms with E-state index in [0.29, 0.717) is 5.92 Å². The zero-order valence-electron chi connectivity index (χ0n) is 8.94. The van der Waals surface area contributed by atoms with E-state index in [0.717, 1.165) is 30.5 Å². The summed E-state index contributed by atoms with van der Waals surface area (Å²) in [6.07, 6.45) is 3.58. The van der Waals surface area contributed by atoms with Gasteiger partial charge in [0.25, 0.3) is 0 Å². The molecule has 0 unspecified atom stereocenters. The Kier molecular flexibility index (Phi) is 2.01. The summed E-state index contributed by atoms with van der Waals surface area (Å²) in [7, 11) is 0. The van der Waals surface area contributed by atoms with Crippen molar-refractivity contribution in [3.05, 3.63) is 5.82 Å². The van der Waals surface area contributed by atoms with E-state index < -0.39 is 0 Å². The van der Waals surface area contributed by atoms with Crippen LogP contribution in [0.4, 0.5) is 5.13 Å². The molecule has 4 nitrogen and oxygen atoms in total. The van der Waals surface area contributed by atoms with Crippen LogP contribution in [0.5, 0.6) is 0 Å². The predicted molar refractivity (Wildman–Crippen MR) is 61.3 cm³/mol. The zero-order valence-corrected chi connectivity index (χ0v) is 9.76. The van der Waals surface area contributed by atoms with Gasteiger partial charge in [0.2, 0.25) is 5.13 Å². The molecule has 1 saturated carbocycles. The fourth-order valence-electron chi connectivity index (χ4n) is 1.93. The van der Waals surface area contributed by atoms with E-state index in [1.54, 1.807) is 0 Å². The summed E-state index contributed by atoms with van der Waals surface area (Å²) in [5.41, 5.74) is 6.14. The predicted octanol–water partition coefficient (Wildman–Crippen LogP) is 1.34. The molecule has 2 fully saturated rings. The number of rotatable bonds is 3. The SMILES string of the molecule is CCC1(N)CN(c2nc(C3CC3)ns2)C1. The van der Waals surface area contributed by atoms with Crippen molar-refractivity contribution >= 4 is 16.7 Å². The molecule has 2 N–H and O–H groups in total. The molecule has 1 aliphatic heterocycles. The summed E-state index contributed by atoms with van der Waals surface area (Å²) in [5.74, 6) is 1.71. The third-order valence-electron chi connectivity index (χ3n) is 3.36. The molecule has 0 bridgehead atoms. The van der Waals surface area contributed by atoms with Crippen molar-refractivity contribution in [2.75, 3.05) is 18.0 Å². The lowest BCUT2D eigenvalue weighted by atomic mass is 9.89. The highest BCUT2D eigenvalue weighted by Gasteiger charge is 2.40. The van der Waals surface area contributed by atoms with E-state index in [2.05, 4.69) is 21.2 Å². The van der Waals surface area contributed by atoms with Crippen molar-refractivity contribution in [2.45, 2.75) is 37.6 Å². The molecule has 1 saturated heterocycles. The Morgan fingerprint density at radius 2 is 2.27 bits per heavy atom. The second kappa shape index (κ2) is 3.15.